The van der Waals surface area contributed by atoms with E-state index in [1.54, 1.807) is 36.0 Å². The number of benzene rings is 2. The molecule has 0 saturated heterocycles. The molecule has 0 unspecified atom stereocenters. The Kier molecular flexibility index (Phi) is 7.52. The van der Waals surface area contributed by atoms with Gasteiger partial charge in [-0.15, -0.1) is 0 Å². The number of fused-ring (bicyclic) bond motifs is 1. The van der Waals surface area contributed by atoms with Gasteiger partial charge in [0, 0.05) is 18.1 Å². The maximum atomic E-state index is 12.0. The third kappa shape index (κ3) is 6.53. The third-order valence-corrected chi connectivity index (χ3v) is 5.13. The van der Waals surface area contributed by atoms with Crippen LogP contribution in [0.1, 0.15) is 12.0 Å². The fourth-order valence-electron chi connectivity index (χ4n) is 2.66. The zero-order valence-corrected chi connectivity index (χ0v) is 16.6. The lowest BCUT2D eigenvalue weighted by atomic mass is 10.1. The second kappa shape index (κ2) is 10.5. The normalized spacial score (nSPS) is 14.9. The first-order chi connectivity index (χ1) is 14.1. The molecule has 2 N–H and O–H groups in total. The first-order valence-corrected chi connectivity index (χ1v) is 10.4. The largest absolute Gasteiger partial charge is 0.478 e. The van der Waals surface area contributed by atoms with E-state index in [1.807, 2.05) is 18.2 Å². The van der Waals surface area contributed by atoms with Crippen LogP contribution in [0.25, 0.3) is 0 Å². The minimum absolute atomic E-state index is 0.264. The number of rotatable bonds is 9. The number of nitrogens with one attached hydrogen (secondary N) is 2. The average Bonchev–Trinajstić information content (AvgIpc) is 2.73. The molecule has 152 valence electrons. The number of hydrogen-bond acceptors (Lipinski definition) is 6. The summed E-state index contributed by atoms with van der Waals surface area (Å²) in [6, 6.07) is 17.0. The fraction of sp³-hybridized carbons (Fsp3) is 0.286. The van der Waals surface area contributed by atoms with Crippen molar-refractivity contribution in [2.45, 2.75) is 18.3 Å². The van der Waals surface area contributed by atoms with Gasteiger partial charge in [0.2, 0.25) is 0 Å². The standard InChI is InChI=1S/C21H22N2O5S/c24-19(22-10-11-29-14-15-6-2-1-3-7-15)13-27-20(25)12-18-21(26)23-16-8-4-5-9-17(16)28-18/h1-9,18H,10-14H2,(H,22,24)(H,23,26)/t18-/m1/s1. The third-order valence-electron chi connectivity index (χ3n) is 4.10. The average molecular weight is 414 g/mol. The number of carbonyl (C=O) groups excluding carboxylic acids is 3. The van der Waals surface area contributed by atoms with Gasteiger partial charge in [0.15, 0.2) is 12.7 Å². The number of esters is 1. The maximum absolute atomic E-state index is 12.0. The molecule has 0 spiro atoms. The van der Waals surface area contributed by atoms with Crippen molar-refractivity contribution in [3.05, 3.63) is 60.2 Å². The lowest BCUT2D eigenvalue weighted by molar-refractivity contribution is -0.151. The van der Waals surface area contributed by atoms with Gasteiger partial charge in [-0.1, -0.05) is 42.5 Å². The van der Waals surface area contributed by atoms with Crippen molar-refractivity contribution >= 4 is 35.2 Å². The topological polar surface area (TPSA) is 93.7 Å². The second-order valence-corrected chi connectivity index (χ2v) is 7.45. The molecule has 3 rings (SSSR count). The molecule has 0 saturated carbocycles. The Labute approximate surface area is 173 Å². The number of thioether (sulfide) groups is 1. The zero-order valence-electron chi connectivity index (χ0n) is 15.8. The first-order valence-electron chi connectivity index (χ1n) is 9.22. The molecule has 2 aromatic carbocycles. The van der Waals surface area contributed by atoms with E-state index in [0.29, 0.717) is 18.0 Å². The quantitative estimate of drug-likeness (QED) is 0.483. The highest BCUT2D eigenvalue weighted by molar-refractivity contribution is 7.98. The van der Waals surface area contributed by atoms with Gasteiger partial charge >= 0.3 is 5.97 Å². The maximum Gasteiger partial charge on any atom is 0.310 e. The van der Waals surface area contributed by atoms with Crippen molar-refractivity contribution < 1.29 is 23.9 Å². The molecule has 1 heterocycles. The Morgan fingerprint density at radius 2 is 1.86 bits per heavy atom. The predicted octanol–water partition coefficient (Wildman–Crippen LogP) is 2.37. The summed E-state index contributed by atoms with van der Waals surface area (Å²) in [5, 5.41) is 5.38. The summed E-state index contributed by atoms with van der Waals surface area (Å²) < 4.78 is 10.5. The SMILES string of the molecule is O=C(COC(=O)C[C@H]1Oc2ccccc2NC1=O)NCCSCc1ccccc1. The van der Waals surface area contributed by atoms with Gasteiger partial charge in [0.05, 0.1) is 12.1 Å². The molecule has 0 aromatic heterocycles. The molecule has 2 aromatic rings. The lowest BCUT2D eigenvalue weighted by Crippen LogP contribution is -2.39. The van der Waals surface area contributed by atoms with Gasteiger partial charge in [-0.3, -0.25) is 14.4 Å². The van der Waals surface area contributed by atoms with Crippen molar-refractivity contribution in [2.24, 2.45) is 0 Å². The van der Waals surface area contributed by atoms with Crippen LogP contribution >= 0.6 is 11.8 Å². The number of para-hydroxylation sites is 2. The van der Waals surface area contributed by atoms with Crippen molar-refractivity contribution in [3.8, 4) is 5.75 Å². The highest BCUT2D eigenvalue weighted by atomic mass is 32.2. The molecule has 0 radical (unpaired) electrons. The number of hydrogen-bond donors (Lipinski definition) is 2. The number of amides is 2. The molecular weight excluding hydrogens is 392 g/mol. The van der Waals surface area contributed by atoms with Crippen LogP contribution in [-0.2, 0) is 24.9 Å². The Hall–Kier alpha value is -3.00. The molecular formula is C21H22N2O5S. The van der Waals surface area contributed by atoms with Crippen LogP contribution in [0.2, 0.25) is 0 Å². The van der Waals surface area contributed by atoms with Crippen LogP contribution in [0.5, 0.6) is 5.75 Å². The van der Waals surface area contributed by atoms with Crippen molar-refractivity contribution in [3.63, 3.8) is 0 Å². The molecule has 0 fully saturated rings. The van der Waals surface area contributed by atoms with E-state index >= 15 is 0 Å². The van der Waals surface area contributed by atoms with E-state index in [2.05, 4.69) is 22.8 Å². The summed E-state index contributed by atoms with van der Waals surface area (Å²) in [4.78, 5) is 35.7. The fourth-order valence-corrected chi connectivity index (χ4v) is 3.48. The van der Waals surface area contributed by atoms with Crippen LogP contribution < -0.4 is 15.4 Å². The number of ether oxygens (including phenoxy) is 2. The van der Waals surface area contributed by atoms with Gasteiger partial charge < -0.3 is 20.1 Å². The molecule has 1 aliphatic heterocycles. The van der Waals surface area contributed by atoms with Crippen molar-refractivity contribution in [1.29, 1.82) is 0 Å². The minimum Gasteiger partial charge on any atom is -0.478 e. The Balaban J connectivity index is 1.30. The van der Waals surface area contributed by atoms with Gasteiger partial charge in [-0.2, -0.15) is 11.8 Å². The summed E-state index contributed by atoms with van der Waals surface area (Å²) >= 11 is 1.71. The second-order valence-electron chi connectivity index (χ2n) is 6.34. The molecule has 1 aliphatic rings. The van der Waals surface area contributed by atoms with Crippen LogP contribution in [-0.4, -0.2) is 42.8 Å². The van der Waals surface area contributed by atoms with E-state index in [0.717, 1.165) is 11.5 Å². The highest BCUT2D eigenvalue weighted by Crippen LogP contribution is 2.29. The van der Waals surface area contributed by atoms with Gasteiger partial charge in [-0.25, -0.2) is 0 Å². The Morgan fingerprint density at radius 1 is 1.10 bits per heavy atom. The van der Waals surface area contributed by atoms with Crippen LogP contribution in [0.15, 0.2) is 54.6 Å². The first kappa shape index (κ1) is 20.7. The van der Waals surface area contributed by atoms with Gasteiger partial charge in [-0.05, 0) is 17.7 Å². The van der Waals surface area contributed by atoms with E-state index in [1.165, 1.54) is 5.56 Å². The minimum atomic E-state index is -0.977. The molecule has 2 amide bonds. The molecule has 0 aliphatic carbocycles. The lowest BCUT2D eigenvalue weighted by Gasteiger charge is -2.25. The summed E-state index contributed by atoms with van der Waals surface area (Å²) in [6.07, 6.45) is -1.24. The van der Waals surface area contributed by atoms with Gasteiger partial charge in [0.1, 0.15) is 5.75 Å². The summed E-state index contributed by atoms with van der Waals surface area (Å²) in [6.45, 7) is 0.103. The summed E-state index contributed by atoms with van der Waals surface area (Å²) in [5.41, 5.74) is 1.79. The number of carbonyl (C=O) groups is 3. The number of anilines is 1. The molecule has 8 heteroatoms. The van der Waals surface area contributed by atoms with Crippen LogP contribution in [0.3, 0.4) is 0 Å². The Bertz CT molecular complexity index is 859. The van der Waals surface area contributed by atoms with E-state index in [-0.39, 0.29) is 18.9 Å². The van der Waals surface area contributed by atoms with E-state index in [9.17, 15) is 14.4 Å². The highest BCUT2D eigenvalue weighted by Gasteiger charge is 2.30. The van der Waals surface area contributed by atoms with Crippen LogP contribution in [0, 0.1) is 0 Å². The summed E-state index contributed by atoms with van der Waals surface area (Å²) in [7, 11) is 0. The Morgan fingerprint density at radius 3 is 2.69 bits per heavy atom. The monoisotopic (exact) mass is 414 g/mol. The smallest absolute Gasteiger partial charge is 0.310 e. The van der Waals surface area contributed by atoms with Crippen molar-refractivity contribution in [1.82, 2.24) is 5.32 Å². The summed E-state index contributed by atoms with van der Waals surface area (Å²) in [5.74, 6) is 0.662. The zero-order chi connectivity index (χ0) is 20.5. The predicted molar refractivity (Wildman–Crippen MR) is 111 cm³/mol. The molecule has 1 atom stereocenters. The molecule has 7 nitrogen and oxygen atoms in total. The van der Waals surface area contributed by atoms with E-state index < -0.39 is 18.0 Å². The molecule has 0 bridgehead atoms. The molecule has 29 heavy (non-hydrogen) atoms. The van der Waals surface area contributed by atoms with Crippen LogP contribution in [0.4, 0.5) is 5.69 Å². The van der Waals surface area contributed by atoms with Gasteiger partial charge in [0.25, 0.3) is 11.8 Å². The van der Waals surface area contributed by atoms with Crippen molar-refractivity contribution in [2.75, 3.05) is 24.2 Å². The van der Waals surface area contributed by atoms with E-state index in [4.69, 9.17) is 9.47 Å².